The van der Waals surface area contributed by atoms with E-state index in [0.717, 1.165) is 30.8 Å². The molecule has 1 aliphatic rings. The van der Waals surface area contributed by atoms with Gasteiger partial charge in [-0.15, -0.1) is 12.4 Å². The van der Waals surface area contributed by atoms with Crippen molar-refractivity contribution in [1.29, 1.82) is 0 Å². The second-order valence-electron chi connectivity index (χ2n) is 5.05. The third-order valence-electron chi connectivity index (χ3n) is 3.48. The summed E-state index contributed by atoms with van der Waals surface area (Å²) in [6, 6.07) is 10.1. The maximum absolute atomic E-state index is 11.9. The van der Waals surface area contributed by atoms with E-state index in [0.29, 0.717) is 12.5 Å². The number of amides is 1. The Hall–Kier alpha value is -1.85. The Morgan fingerprint density at radius 1 is 1.38 bits per heavy atom. The highest BCUT2D eigenvalue weighted by Gasteiger charge is 2.17. The summed E-state index contributed by atoms with van der Waals surface area (Å²) in [6.07, 6.45) is 6.26. The maximum atomic E-state index is 11.9. The molecule has 1 aromatic heterocycles. The summed E-state index contributed by atoms with van der Waals surface area (Å²) in [5, 5.41) is 10.5. The van der Waals surface area contributed by atoms with Crippen molar-refractivity contribution in [3.8, 4) is 5.69 Å². The third-order valence-corrected chi connectivity index (χ3v) is 3.48. The number of nitrogens with one attached hydrogen (secondary N) is 2. The normalized spacial score (nSPS) is 17.2. The van der Waals surface area contributed by atoms with Gasteiger partial charge in [0.1, 0.15) is 0 Å². The zero-order valence-electron chi connectivity index (χ0n) is 11.7. The molecule has 2 heterocycles. The van der Waals surface area contributed by atoms with Crippen LogP contribution in [0, 0.1) is 0 Å². The summed E-state index contributed by atoms with van der Waals surface area (Å²) in [7, 11) is 0. The molecule has 112 valence electrons. The molecule has 1 saturated heterocycles. The fourth-order valence-corrected chi connectivity index (χ4v) is 2.48. The van der Waals surface area contributed by atoms with E-state index in [2.05, 4.69) is 15.7 Å². The van der Waals surface area contributed by atoms with Crippen molar-refractivity contribution in [2.24, 2.45) is 0 Å². The SMILES string of the molecule is Cl.O=C(CC1CCCN1)Nc1cnn(-c2ccccc2)c1. The Morgan fingerprint density at radius 3 is 2.90 bits per heavy atom. The number of carbonyl (C=O) groups excluding carboxylic acids is 1. The highest BCUT2D eigenvalue weighted by Crippen LogP contribution is 2.13. The molecule has 0 aliphatic carbocycles. The van der Waals surface area contributed by atoms with Crippen LogP contribution >= 0.6 is 12.4 Å². The monoisotopic (exact) mass is 306 g/mol. The topological polar surface area (TPSA) is 59.0 Å². The summed E-state index contributed by atoms with van der Waals surface area (Å²) in [6.45, 7) is 1.02. The van der Waals surface area contributed by atoms with E-state index < -0.39 is 0 Å². The summed E-state index contributed by atoms with van der Waals surface area (Å²) >= 11 is 0. The van der Waals surface area contributed by atoms with Gasteiger partial charge >= 0.3 is 0 Å². The molecule has 6 heteroatoms. The Kier molecular flexibility index (Phi) is 5.36. The molecule has 1 atom stereocenters. The van der Waals surface area contributed by atoms with E-state index in [-0.39, 0.29) is 18.3 Å². The van der Waals surface area contributed by atoms with Crippen LogP contribution < -0.4 is 10.6 Å². The lowest BCUT2D eigenvalue weighted by atomic mass is 10.1. The molecule has 1 aromatic carbocycles. The van der Waals surface area contributed by atoms with Crippen molar-refractivity contribution in [2.75, 3.05) is 11.9 Å². The van der Waals surface area contributed by atoms with E-state index in [1.165, 1.54) is 0 Å². The molecular formula is C15H19ClN4O. The van der Waals surface area contributed by atoms with E-state index in [9.17, 15) is 4.79 Å². The second-order valence-corrected chi connectivity index (χ2v) is 5.05. The molecule has 0 saturated carbocycles. The van der Waals surface area contributed by atoms with Gasteiger partial charge in [-0.2, -0.15) is 5.10 Å². The molecule has 0 bridgehead atoms. The minimum absolute atomic E-state index is 0. The van der Waals surface area contributed by atoms with Crippen molar-refractivity contribution in [2.45, 2.75) is 25.3 Å². The number of halogens is 1. The van der Waals surface area contributed by atoms with Gasteiger partial charge in [-0.1, -0.05) is 18.2 Å². The van der Waals surface area contributed by atoms with Gasteiger partial charge in [-0.25, -0.2) is 4.68 Å². The minimum atomic E-state index is 0. The first-order valence-corrected chi connectivity index (χ1v) is 6.94. The zero-order valence-corrected chi connectivity index (χ0v) is 12.5. The van der Waals surface area contributed by atoms with E-state index in [1.54, 1.807) is 10.9 Å². The number of benzene rings is 1. The van der Waals surface area contributed by atoms with Crippen LogP contribution in [0.4, 0.5) is 5.69 Å². The average molecular weight is 307 g/mol. The lowest BCUT2D eigenvalue weighted by Crippen LogP contribution is -2.27. The lowest BCUT2D eigenvalue weighted by Gasteiger charge is -2.09. The van der Waals surface area contributed by atoms with Crippen molar-refractivity contribution in [1.82, 2.24) is 15.1 Å². The highest BCUT2D eigenvalue weighted by molar-refractivity contribution is 5.90. The van der Waals surface area contributed by atoms with Crippen LogP contribution in [-0.4, -0.2) is 28.3 Å². The number of rotatable bonds is 4. The minimum Gasteiger partial charge on any atom is -0.323 e. The van der Waals surface area contributed by atoms with Crippen LogP contribution in [0.5, 0.6) is 0 Å². The molecule has 3 rings (SSSR count). The first-order valence-electron chi connectivity index (χ1n) is 6.94. The summed E-state index contributed by atoms with van der Waals surface area (Å²) in [5.74, 6) is 0.0389. The second kappa shape index (κ2) is 7.24. The summed E-state index contributed by atoms with van der Waals surface area (Å²) in [5.41, 5.74) is 1.71. The van der Waals surface area contributed by atoms with Crippen molar-refractivity contribution in [3.05, 3.63) is 42.7 Å². The smallest absolute Gasteiger partial charge is 0.226 e. The first kappa shape index (κ1) is 15.5. The van der Waals surface area contributed by atoms with Gasteiger partial charge in [-0.05, 0) is 31.5 Å². The molecule has 0 spiro atoms. The standard InChI is InChI=1S/C15H18N4O.ClH/c20-15(9-12-5-4-8-16-12)18-13-10-17-19(11-13)14-6-2-1-3-7-14;/h1-3,6-7,10-12,16H,4-5,8-9H2,(H,18,20);1H. The van der Waals surface area contributed by atoms with Gasteiger partial charge < -0.3 is 10.6 Å². The Bertz CT molecular complexity index is 578. The van der Waals surface area contributed by atoms with Crippen LogP contribution in [0.3, 0.4) is 0 Å². The highest BCUT2D eigenvalue weighted by atomic mass is 35.5. The quantitative estimate of drug-likeness (QED) is 0.912. The molecule has 2 N–H and O–H groups in total. The molecule has 0 radical (unpaired) electrons. The van der Waals surface area contributed by atoms with Crippen molar-refractivity contribution < 1.29 is 4.79 Å². The van der Waals surface area contributed by atoms with E-state index >= 15 is 0 Å². The zero-order chi connectivity index (χ0) is 13.8. The summed E-state index contributed by atoms with van der Waals surface area (Å²) < 4.78 is 1.75. The average Bonchev–Trinajstić information content (AvgIpc) is 3.11. The molecule has 1 aliphatic heterocycles. The van der Waals surface area contributed by atoms with Gasteiger partial charge in [0.15, 0.2) is 0 Å². The molecular weight excluding hydrogens is 288 g/mol. The van der Waals surface area contributed by atoms with Gasteiger partial charge in [0, 0.05) is 12.5 Å². The van der Waals surface area contributed by atoms with Crippen LogP contribution in [0.2, 0.25) is 0 Å². The van der Waals surface area contributed by atoms with Gasteiger partial charge in [-0.3, -0.25) is 4.79 Å². The molecule has 21 heavy (non-hydrogen) atoms. The van der Waals surface area contributed by atoms with Gasteiger partial charge in [0.25, 0.3) is 0 Å². The number of nitrogens with zero attached hydrogens (tertiary/aromatic N) is 2. The van der Waals surface area contributed by atoms with Crippen molar-refractivity contribution in [3.63, 3.8) is 0 Å². The fraction of sp³-hybridized carbons (Fsp3) is 0.333. The maximum Gasteiger partial charge on any atom is 0.226 e. The van der Waals surface area contributed by atoms with Crippen LogP contribution in [0.25, 0.3) is 5.69 Å². The predicted octanol–water partition coefficient (Wildman–Crippen LogP) is 2.37. The van der Waals surface area contributed by atoms with Crippen LogP contribution in [0.15, 0.2) is 42.7 Å². The first-order chi connectivity index (χ1) is 9.81. The molecule has 1 fully saturated rings. The van der Waals surface area contributed by atoms with Gasteiger partial charge in [0.05, 0.1) is 23.8 Å². The van der Waals surface area contributed by atoms with Crippen molar-refractivity contribution >= 4 is 24.0 Å². The number of carbonyl (C=O) groups is 1. The largest absolute Gasteiger partial charge is 0.323 e. The molecule has 2 aromatic rings. The Morgan fingerprint density at radius 2 is 2.19 bits per heavy atom. The number of hydrogen-bond donors (Lipinski definition) is 2. The number of hydrogen-bond acceptors (Lipinski definition) is 3. The third kappa shape index (κ3) is 4.06. The fourth-order valence-electron chi connectivity index (χ4n) is 2.48. The molecule has 5 nitrogen and oxygen atoms in total. The van der Waals surface area contributed by atoms with E-state index in [4.69, 9.17) is 0 Å². The summed E-state index contributed by atoms with van der Waals surface area (Å²) in [4.78, 5) is 11.9. The number of aromatic nitrogens is 2. The molecule has 1 amide bonds. The van der Waals surface area contributed by atoms with Crippen LogP contribution in [0.1, 0.15) is 19.3 Å². The number of para-hydroxylation sites is 1. The van der Waals surface area contributed by atoms with Crippen LogP contribution in [-0.2, 0) is 4.79 Å². The van der Waals surface area contributed by atoms with Gasteiger partial charge in [0.2, 0.25) is 5.91 Å². The lowest BCUT2D eigenvalue weighted by molar-refractivity contribution is -0.116. The molecule has 1 unspecified atom stereocenters. The predicted molar refractivity (Wildman–Crippen MR) is 85.1 cm³/mol. The Labute approximate surface area is 130 Å². The number of anilines is 1. The Balaban J connectivity index is 0.00000161. The van der Waals surface area contributed by atoms with E-state index in [1.807, 2.05) is 36.5 Å².